The van der Waals surface area contributed by atoms with Gasteiger partial charge in [0, 0.05) is 6.54 Å². The van der Waals surface area contributed by atoms with Crippen molar-refractivity contribution in [2.75, 3.05) is 26.2 Å². The van der Waals surface area contributed by atoms with Crippen molar-refractivity contribution in [1.29, 1.82) is 5.26 Å². The quantitative estimate of drug-likeness (QED) is 0.615. The maximum Gasteiger partial charge on any atom is 0.105 e. The molecule has 0 heterocycles. The first kappa shape index (κ1) is 17.4. The number of hydrogen-bond acceptors (Lipinski definition) is 3. The molecule has 0 bridgehead atoms. The van der Waals surface area contributed by atoms with Gasteiger partial charge in [0.1, 0.15) is 5.54 Å². The summed E-state index contributed by atoms with van der Waals surface area (Å²) in [7, 11) is 0. The van der Waals surface area contributed by atoms with Crippen molar-refractivity contribution >= 4 is 0 Å². The summed E-state index contributed by atoms with van der Waals surface area (Å²) in [5.41, 5.74) is -0.370. The summed E-state index contributed by atoms with van der Waals surface area (Å²) in [5, 5.41) is 12.5. The largest absolute Gasteiger partial charge is 0.303 e. The van der Waals surface area contributed by atoms with Gasteiger partial charge in [0.15, 0.2) is 0 Å². The maximum atomic E-state index is 9.25. The third kappa shape index (κ3) is 7.68. The van der Waals surface area contributed by atoms with Crippen molar-refractivity contribution < 1.29 is 0 Å². The summed E-state index contributed by atoms with van der Waals surface area (Å²) >= 11 is 0. The fourth-order valence-corrected chi connectivity index (χ4v) is 2.05. The van der Waals surface area contributed by atoms with Crippen molar-refractivity contribution in [2.24, 2.45) is 0 Å². The summed E-state index contributed by atoms with van der Waals surface area (Å²) < 4.78 is 0. The van der Waals surface area contributed by atoms with Crippen LogP contribution in [0, 0.1) is 11.3 Å². The van der Waals surface area contributed by atoms with E-state index in [0.29, 0.717) is 0 Å². The standard InChI is InChI=1S/C15H31N3/c1-5-8-11-18(12-9-6-2)13-10-15(4,14-16)17-7-3/h17H,5-13H2,1-4H3. The molecule has 18 heavy (non-hydrogen) atoms. The molecule has 3 nitrogen and oxygen atoms in total. The number of unbranched alkanes of at least 4 members (excludes halogenated alkanes) is 2. The highest BCUT2D eigenvalue weighted by atomic mass is 15.1. The Morgan fingerprint density at radius 1 is 1.06 bits per heavy atom. The van der Waals surface area contributed by atoms with Crippen LogP contribution in [0.4, 0.5) is 0 Å². The minimum absolute atomic E-state index is 0.370. The number of nitriles is 1. The second kappa shape index (κ2) is 10.3. The lowest BCUT2D eigenvalue weighted by atomic mass is 9.99. The van der Waals surface area contributed by atoms with E-state index >= 15 is 0 Å². The lowest BCUT2D eigenvalue weighted by molar-refractivity contribution is 0.239. The van der Waals surface area contributed by atoms with Crippen molar-refractivity contribution in [3.05, 3.63) is 0 Å². The molecule has 3 heteroatoms. The first-order chi connectivity index (χ1) is 8.61. The van der Waals surface area contributed by atoms with E-state index in [1.54, 1.807) is 0 Å². The Balaban J connectivity index is 4.17. The Bertz CT molecular complexity index is 226. The van der Waals surface area contributed by atoms with Crippen molar-refractivity contribution in [3.63, 3.8) is 0 Å². The minimum atomic E-state index is -0.370. The molecule has 0 aromatic carbocycles. The molecule has 1 atom stereocenters. The smallest absolute Gasteiger partial charge is 0.105 e. The van der Waals surface area contributed by atoms with E-state index in [1.807, 2.05) is 6.92 Å². The van der Waals surface area contributed by atoms with Gasteiger partial charge >= 0.3 is 0 Å². The van der Waals surface area contributed by atoms with Crippen LogP contribution in [-0.4, -0.2) is 36.6 Å². The van der Waals surface area contributed by atoms with Crippen LogP contribution in [0.3, 0.4) is 0 Å². The molecule has 0 spiro atoms. The van der Waals surface area contributed by atoms with Gasteiger partial charge in [-0.2, -0.15) is 5.26 Å². The first-order valence-corrected chi connectivity index (χ1v) is 7.50. The molecule has 0 aliphatic carbocycles. The van der Waals surface area contributed by atoms with Crippen molar-refractivity contribution in [2.45, 2.75) is 65.3 Å². The van der Waals surface area contributed by atoms with Crippen LogP contribution >= 0.6 is 0 Å². The lowest BCUT2D eigenvalue weighted by Crippen LogP contribution is -2.44. The third-order valence-corrected chi connectivity index (χ3v) is 3.40. The molecule has 0 aliphatic heterocycles. The molecule has 0 fully saturated rings. The second-order valence-electron chi connectivity index (χ2n) is 5.27. The fourth-order valence-electron chi connectivity index (χ4n) is 2.05. The van der Waals surface area contributed by atoms with Crippen LogP contribution in [-0.2, 0) is 0 Å². The van der Waals surface area contributed by atoms with E-state index in [4.69, 9.17) is 0 Å². The normalized spacial score (nSPS) is 14.4. The lowest BCUT2D eigenvalue weighted by Gasteiger charge is -2.28. The van der Waals surface area contributed by atoms with Gasteiger partial charge in [-0.05, 0) is 45.8 Å². The molecule has 0 aliphatic rings. The molecular formula is C15H31N3. The van der Waals surface area contributed by atoms with Gasteiger partial charge in [-0.25, -0.2) is 0 Å². The highest BCUT2D eigenvalue weighted by Crippen LogP contribution is 2.10. The highest BCUT2D eigenvalue weighted by molar-refractivity contribution is 5.03. The van der Waals surface area contributed by atoms with E-state index in [-0.39, 0.29) is 5.54 Å². The average Bonchev–Trinajstić information content (AvgIpc) is 2.38. The predicted octanol–water partition coefficient (Wildman–Crippen LogP) is 3.17. The summed E-state index contributed by atoms with van der Waals surface area (Å²) in [6.07, 6.45) is 5.91. The van der Waals surface area contributed by atoms with E-state index in [9.17, 15) is 5.26 Å². The molecule has 0 aromatic heterocycles. The van der Waals surface area contributed by atoms with Crippen molar-refractivity contribution in [3.8, 4) is 6.07 Å². The van der Waals surface area contributed by atoms with Crippen molar-refractivity contribution in [1.82, 2.24) is 10.2 Å². The van der Waals surface area contributed by atoms with Crippen LogP contribution in [0.2, 0.25) is 0 Å². The fraction of sp³-hybridized carbons (Fsp3) is 0.933. The topological polar surface area (TPSA) is 39.1 Å². The van der Waals surface area contributed by atoms with Crippen LogP contribution < -0.4 is 5.32 Å². The molecule has 0 saturated carbocycles. The predicted molar refractivity (Wildman–Crippen MR) is 78.6 cm³/mol. The Morgan fingerprint density at radius 3 is 2.00 bits per heavy atom. The number of hydrogen-bond donors (Lipinski definition) is 1. The number of rotatable bonds is 11. The molecule has 0 saturated heterocycles. The Kier molecular flexibility index (Phi) is 10.0. The van der Waals surface area contributed by atoms with Gasteiger partial charge in [0.2, 0.25) is 0 Å². The molecule has 1 unspecified atom stereocenters. The first-order valence-electron chi connectivity index (χ1n) is 7.50. The van der Waals surface area contributed by atoms with Gasteiger partial charge in [-0.1, -0.05) is 33.6 Å². The van der Waals surface area contributed by atoms with Crippen LogP contribution in [0.5, 0.6) is 0 Å². The number of nitrogens with one attached hydrogen (secondary N) is 1. The zero-order valence-electron chi connectivity index (χ0n) is 12.8. The molecule has 0 amide bonds. The SMILES string of the molecule is CCCCN(CCCC)CCC(C)(C#N)NCC. The monoisotopic (exact) mass is 253 g/mol. The third-order valence-electron chi connectivity index (χ3n) is 3.40. The Hall–Kier alpha value is -0.590. The summed E-state index contributed by atoms with van der Waals surface area (Å²) in [4.78, 5) is 2.51. The van der Waals surface area contributed by atoms with Gasteiger partial charge in [-0.3, -0.25) is 5.32 Å². The molecule has 0 radical (unpaired) electrons. The summed E-state index contributed by atoms with van der Waals surface area (Å²) in [6, 6.07) is 2.41. The molecule has 106 valence electrons. The van der Waals surface area contributed by atoms with Crippen LogP contribution in [0.25, 0.3) is 0 Å². The summed E-state index contributed by atoms with van der Waals surface area (Å²) in [5.74, 6) is 0. The highest BCUT2D eigenvalue weighted by Gasteiger charge is 2.22. The maximum absolute atomic E-state index is 9.25. The zero-order valence-corrected chi connectivity index (χ0v) is 12.8. The van der Waals surface area contributed by atoms with Gasteiger partial charge in [0.05, 0.1) is 6.07 Å². The average molecular weight is 253 g/mol. The summed E-state index contributed by atoms with van der Waals surface area (Å²) in [6.45, 7) is 12.8. The van der Waals surface area contributed by atoms with E-state index in [1.165, 1.54) is 38.8 Å². The Labute approximate surface area is 114 Å². The number of nitrogens with zero attached hydrogens (tertiary/aromatic N) is 2. The molecule has 0 rings (SSSR count). The van der Waals surface area contributed by atoms with Crippen LogP contribution in [0.1, 0.15) is 59.8 Å². The van der Waals surface area contributed by atoms with Gasteiger partial charge in [-0.15, -0.1) is 0 Å². The molecule has 1 N–H and O–H groups in total. The van der Waals surface area contributed by atoms with E-state index in [2.05, 4.69) is 37.1 Å². The molecule has 0 aromatic rings. The minimum Gasteiger partial charge on any atom is -0.303 e. The van der Waals surface area contributed by atoms with E-state index < -0.39 is 0 Å². The van der Waals surface area contributed by atoms with Crippen LogP contribution in [0.15, 0.2) is 0 Å². The van der Waals surface area contributed by atoms with E-state index in [0.717, 1.165) is 19.5 Å². The van der Waals surface area contributed by atoms with Gasteiger partial charge < -0.3 is 4.90 Å². The Morgan fingerprint density at radius 2 is 1.61 bits per heavy atom. The van der Waals surface area contributed by atoms with Gasteiger partial charge in [0.25, 0.3) is 0 Å². The second-order valence-corrected chi connectivity index (χ2v) is 5.27. The zero-order chi connectivity index (χ0) is 13.9. The molecular weight excluding hydrogens is 222 g/mol.